The summed E-state index contributed by atoms with van der Waals surface area (Å²) in [6, 6.07) is 7.98. The first-order chi connectivity index (χ1) is 15.0. The average Bonchev–Trinajstić information content (AvgIpc) is 2.75. The van der Waals surface area contributed by atoms with Gasteiger partial charge in [0, 0.05) is 34.7 Å². The second-order valence-corrected chi connectivity index (χ2v) is 10.3. The zero-order valence-electron chi connectivity index (χ0n) is 17.2. The lowest BCUT2D eigenvalue weighted by molar-refractivity contribution is -0.0591. The van der Waals surface area contributed by atoms with Crippen LogP contribution in [0.3, 0.4) is 0 Å². The zero-order valence-corrected chi connectivity index (χ0v) is 18.8. The quantitative estimate of drug-likeness (QED) is 0.575. The summed E-state index contributed by atoms with van der Waals surface area (Å²) in [5.41, 5.74) is 7.99. The number of rotatable bonds is 6. The molecule has 2 aromatic rings. The van der Waals surface area contributed by atoms with Gasteiger partial charge in [-0.2, -0.15) is 10.2 Å². The minimum Gasteiger partial charge on any atom is -0.368 e. The molecule has 0 saturated heterocycles. The predicted molar refractivity (Wildman–Crippen MR) is 123 cm³/mol. The van der Waals surface area contributed by atoms with E-state index in [0.717, 1.165) is 18.0 Å². The standard InChI is InChI=1S/C23H26Cl2N6/c24-18-2-1-3-19(25)17(18)11-29-22-28-10-16(9-26)21(31-22)30-12-23-6-13-4-14(7-23)20(27)15(5-13)8-23/h1-3,10,13-15,20H,4-8,11-12,27H2,(H2,28,29,30,31)/t13?,14-,15+,20-,23-. The second kappa shape index (κ2) is 8.12. The maximum atomic E-state index is 9.54. The SMILES string of the molecule is N#Cc1cnc(NCc2c(Cl)cccc2Cl)nc1NC[C@]12CC3C[C@H](C1)[C@@H](N)[C@@H](C3)C2. The Kier molecular flexibility index (Phi) is 5.45. The molecule has 4 N–H and O–H groups in total. The Morgan fingerprint density at radius 2 is 1.84 bits per heavy atom. The molecule has 5 atom stereocenters. The summed E-state index contributed by atoms with van der Waals surface area (Å²) in [4.78, 5) is 8.86. The van der Waals surface area contributed by atoms with Gasteiger partial charge in [-0.1, -0.05) is 29.3 Å². The van der Waals surface area contributed by atoms with Crippen molar-refractivity contribution in [3.63, 3.8) is 0 Å². The van der Waals surface area contributed by atoms with Crippen molar-refractivity contribution in [2.24, 2.45) is 28.9 Å². The number of halogens is 2. The van der Waals surface area contributed by atoms with Crippen molar-refractivity contribution in [3.05, 3.63) is 45.6 Å². The van der Waals surface area contributed by atoms with Gasteiger partial charge in [-0.05, 0) is 67.4 Å². The van der Waals surface area contributed by atoms with Crippen molar-refractivity contribution < 1.29 is 0 Å². The number of anilines is 2. The van der Waals surface area contributed by atoms with E-state index in [1.54, 1.807) is 18.3 Å². The van der Waals surface area contributed by atoms with E-state index in [1.165, 1.54) is 32.1 Å². The molecular formula is C23H26Cl2N6. The summed E-state index contributed by atoms with van der Waals surface area (Å²) in [5, 5.41) is 17.4. The highest BCUT2D eigenvalue weighted by Gasteiger charge is 2.54. The summed E-state index contributed by atoms with van der Waals surface area (Å²) in [6.45, 7) is 1.22. The van der Waals surface area contributed by atoms with E-state index in [1.807, 2.05) is 6.07 Å². The average molecular weight is 457 g/mol. The van der Waals surface area contributed by atoms with Crippen molar-refractivity contribution in [1.82, 2.24) is 9.97 Å². The van der Waals surface area contributed by atoms with Crippen LogP contribution in [0, 0.1) is 34.5 Å². The van der Waals surface area contributed by atoms with Crippen LogP contribution in [0.4, 0.5) is 11.8 Å². The molecule has 31 heavy (non-hydrogen) atoms. The zero-order chi connectivity index (χ0) is 21.6. The van der Waals surface area contributed by atoms with Gasteiger partial charge >= 0.3 is 0 Å². The van der Waals surface area contributed by atoms with E-state index in [9.17, 15) is 5.26 Å². The number of hydrogen-bond donors (Lipinski definition) is 3. The van der Waals surface area contributed by atoms with Gasteiger partial charge in [-0.25, -0.2) is 4.98 Å². The maximum Gasteiger partial charge on any atom is 0.224 e. The normalized spacial score (nSPS) is 30.8. The lowest BCUT2D eigenvalue weighted by Gasteiger charge is -2.59. The molecule has 4 aliphatic carbocycles. The molecule has 1 aromatic heterocycles. The van der Waals surface area contributed by atoms with Crippen molar-refractivity contribution in [2.45, 2.75) is 44.7 Å². The minimum absolute atomic E-state index is 0.267. The third-order valence-corrected chi connectivity index (χ3v) is 8.21. The largest absolute Gasteiger partial charge is 0.368 e. The number of benzene rings is 1. The first-order valence-corrected chi connectivity index (χ1v) is 11.7. The number of nitrogens with one attached hydrogen (secondary N) is 2. The molecule has 4 fully saturated rings. The molecule has 6 nitrogen and oxygen atoms in total. The van der Waals surface area contributed by atoms with Gasteiger partial charge in [0.2, 0.25) is 5.95 Å². The van der Waals surface area contributed by atoms with E-state index in [-0.39, 0.29) is 5.41 Å². The third-order valence-electron chi connectivity index (χ3n) is 7.50. The molecular weight excluding hydrogens is 431 g/mol. The first kappa shape index (κ1) is 20.8. The van der Waals surface area contributed by atoms with Crippen molar-refractivity contribution in [2.75, 3.05) is 17.2 Å². The number of nitriles is 1. The molecule has 1 heterocycles. The highest BCUT2D eigenvalue weighted by atomic mass is 35.5. The van der Waals surface area contributed by atoms with E-state index in [2.05, 4.69) is 26.7 Å². The van der Waals surface area contributed by atoms with Gasteiger partial charge in [0.1, 0.15) is 17.5 Å². The van der Waals surface area contributed by atoms with Crippen molar-refractivity contribution >= 4 is 35.0 Å². The van der Waals surface area contributed by atoms with Crippen LogP contribution in [0.1, 0.15) is 43.2 Å². The predicted octanol–water partition coefficient (Wildman–Crippen LogP) is 4.83. The molecule has 4 aliphatic rings. The molecule has 4 bridgehead atoms. The fourth-order valence-electron chi connectivity index (χ4n) is 6.27. The van der Waals surface area contributed by atoms with E-state index < -0.39 is 0 Å². The Labute approximate surface area is 192 Å². The summed E-state index contributed by atoms with van der Waals surface area (Å²) >= 11 is 12.5. The van der Waals surface area contributed by atoms with Crippen LogP contribution < -0.4 is 16.4 Å². The van der Waals surface area contributed by atoms with Crippen LogP contribution >= 0.6 is 23.2 Å². The Morgan fingerprint density at radius 3 is 2.52 bits per heavy atom. The fourth-order valence-corrected chi connectivity index (χ4v) is 6.80. The number of nitrogens with zero attached hydrogens (tertiary/aromatic N) is 3. The lowest BCUT2D eigenvalue weighted by atomic mass is 9.48. The molecule has 1 aromatic carbocycles. The van der Waals surface area contributed by atoms with Gasteiger partial charge in [0.15, 0.2) is 0 Å². The summed E-state index contributed by atoms with van der Waals surface area (Å²) in [7, 11) is 0. The Bertz CT molecular complexity index is 999. The van der Waals surface area contributed by atoms with Crippen LogP contribution in [0.15, 0.2) is 24.4 Å². The minimum atomic E-state index is 0.267. The fraction of sp³-hybridized carbons (Fsp3) is 0.522. The highest BCUT2D eigenvalue weighted by Crippen LogP contribution is 2.59. The van der Waals surface area contributed by atoms with Gasteiger partial charge in [-0.15, -0.1) is 0 Å². The van der Waals surface area contributed by atoms with Gasteiger partial charge in [0.05, 0.1) is 6.20 Å². The molecule has 0 spiro atoms. The van der Waals surface area contributed by atoms with Crippen molar-refractivity contribution in [3.8, 4) is 6.07 Å². The Morgan fingerprint density at radius 1 is 1.13 bits per heavy atom. The maximum absolute atomic E-state index is 9.54. The van der Waals surface area contributed by atoms with E-state index in [0.29, 0.717) is 51.8 Å². The van der Waals surface area contributed by atoms with Crippen LogP contribution in [0.5, 0.6) is 0 Å². The topological polar surface area (TPSA) is 99.6 Å². The van der Waals surface area contributed by atoms with Gasteiger partial charge in [-0.3, -0.25) is 0 Å². The molecule has 8 heteroatoms. The van der Waals surface area contributed by atoms with Crippen LogP contribution in [-0.4, -0.2) is 22.6 Å². The van der Waals surface area contributed by atoms with Crippen LogP contribution in [0.25, 0.3) is 0 Å². The summed E-state index contributed by atoms with van der Waals surface area (Å²) in [6.07, 6.45) is 7.74. The summed E-state index contributed by atoms with van der Waals surface area (Å²) < 4.78 is 0. The second-order valence-electron chi connectivity index (χ2n) is 9.52. The molecule has 0 radical (unpaired) electrons. The molecule has 0 amide bonds. The number of hydrogen-bond acceptors (Lipinski definition) is 6. The van der Waals surface area contributed by atoms with Crippen LogP contribution in [-0.2, 0) is 6.54 Å². The molecule has 4 saturated carbocycles. The van der Waals surface area contributed by atoms with Crippen molar-refractivity contribution in [1.29, 1.82) is 5.26 Å². The number of aromatic nitrogens is 2. The Hall–Kier alpha value is -2.07. The molecule has 0 aliphatic heterocycles. The van der Waals surface area contributed by atoms with E-state index in [4.69, 9.17) is 28.9 Å². The molecule has 6 rings (SSSR count). The van der Waals surface area contributed by atoms with Gasteiger partial charge in [0.25, 0.3) is 0 Å². The highest BCUT2D eigenvalue weighted by molar-refractivity contribution is 6.36. The number of nitrogens with two attached hydrogens (primary N) is 1. The summed E-state index contributed by atoms with van der Waals surface area (Å²) in [5.74, 6) is 3.10. The smallest absolute Gasteiger partial charge is 0.224 e. The monoisotopic (exact) mass is 456 g/mol. The molecule has 1 unspecified atom stereocenters. The first-order valence-electron chi connectivity index (χ1n) is 10.9. The van der Waals surface area contributed by atoms with Gasteiger partial charge < -0.3 is 16.4 Å². The van der Waals surface area contributed by atoms with Crippen LogP contribution in [0.2, 0.25) is 10.0 Å². The third kappa shape index (κ3) is 3.95. The van der Waals surface area contributed by atoms with E-state index >= 15 is 0 Å². The lowest BCUT2D eigenvalue weighted by Crippen LogP contribution is -2.58. The Balaban J connectivity index is 1.30. The molecule has 162 valence electrons.